The van der Waals surface area contributed by atoms with Gasteiger partial charge < -0.3 is 0 Å². The van der Waals surface area contributed by atoms with Crippen molar-refractivity contribution in [3.8, 4) is 0 Å². The lowest BCUT2D eigenvalue weighted by Gasteiger charge is -1.88. The van der Waals surface area contributed by atoms with Crippen molar-refractivity contribution in [2.24, 2.45) is 0 Å². The summed E-state index contributed by atoms with van der Waals surface area (Å²) in [6.45, 7) is 1.99. The Morgan fingerprint density at radius 2 is 2.21 bits per heavy atom. The highest BCUT2D eigenvalue weighted by Crippen LogP contribution is 2.11. The van der Waals surface area contributed by atoms with Crippen molar-refractivity contribution in [1.82, 2.24) is 9.97 Å². The van der Waals surface area contributed by atoms with Crippen LogP contribution in [0, 0.1) is 6.92 Å². The Kier molecular flexibility index (Phi) is 2.70. The van der Waals surface area contributed by atoms with E-state index in [4.69, 9.17) is 0 Å². The van der Waals surface area contributed by atoms with Crippen LogP contribution < -0.4 is 0 Å². The molecule has 0 amide bonds. The van der Waals surface area contributed by atoms with Crippen LogP contribution in [-0.4, -0.2) is 9.97 Å². The molecule has 0 unspecified atom stereocenters. The van der Waals surface area contributed by atoms with Crippen LogP contribution in [0.15, 0.2) is 29.8 Å². The van der Waals surface area contributed by atoms with Crippen molar-refractivity contribution < 1.29 is 0 Å². The molecule has 2 aromatic rings. The zero-order valence-corrected chi connectivity index (χ0v) is 8.66. The van der Waals surface area contributed by atoms with E-state index in [-0.39, 0.29) is 0 Å². The summed E-state index contributed by atoms with van der Waals surface area (Å²) in [6.07, 6.45) is 5.74. The van der Waals surface area contributed by atoms with E-state index in [0.717, 1.165) is 16.4 Å². The number of rotatable bonds is 2. The summed E-state index contributed by atoms with van der Waals surface area (Å²) < 4.78 is 0. The predicted molar refractivity (Wildman–Crippen MR) is 60.0 cm³/mol. The molecule has 0 aromatic carbocycles. The number of thiazole rings is 1. The summed E-state index contributed by atoms with van der Waals surface area (Å²) in [6, 6.07) is 5.85. The van der Waals surface area contributed by atoms with E-state index in [2.05, 4.69) is 9.97 Å². The van der Waals surface area contributed by atoms with Crippen LogP contribution >= 0.6 is 11.3 Å². The lowest BCUT2D eigenvalue weighted by Crippen LogP contribution is -1.76. The fourth-order valence-corrected chi connectivity index (χ4v) is 1.77. The van der Waals surface area contributed by atoms with Crippen LogP contribution in [0.4, 0.5) is 0 Å². The van der Waals surface area contributed by atoms with Crippen molar-refractivity contribution in [1.29, 1.82) is 0 Å². The van der Waals surface area contributed by atoms with E-state index in [0.29, 0.717) is 0 Å². The Morgan fingerprint density at radius 3 is 2.86 bits per heavy atom. The molecular weight excluding hydrogens is 192 g/mol. The van der Waals surface area contributed by atoms with Gasteiger partial charge in [-0.15, -0.1) is 11.3 Å². The van der Waals surface area contributed by atoms with Crippen LogP contribution in [0.5, 0.6) is 0 Å². The number of aryl methyl sites for hydroxylation is 1. The second-order valence-corrected chi connectivity index (χ2v) is 3.80. The van der Waals surface area contributed by atoms with Crippen molar-refractivity contribution in [2.45, 2.75) is 6.92 Å². The van der Waals surface area contributed by atoms with Crippen molar-refractivity contribution in [3.63, 3.8) is 0 Å². The molecule has 0 aliphatic rings. The maximum absolute atomic E-state index is 4.33. The summed E-state index contributed by atoms with van der Waals surface area (Å²) in [5.74, 6) is 0. The number of pyridine rings is 1. The molecule has 0 N–H and O–H groups in total. The first-order chi connectivity index (χ1) is 6.84. The Labute approximate surface area is 87.0 Å². The Morgan fingerprint density at radius 1 is 1.29 bits per heavy atom. The van der Waals surface area contributed by atoms with Gasteiger partial charge in [-0.2, -0.15) is 0 Å². The minimum atomic E-state index is 0.959. The van der Waals surface area contributed by atoms with Crippen LogP contribution in [0.1, 0.15) is 16.4 Å². The fraction of sp³-hybridized carbons (Fsp3) is 0.0909. The number of hydrogen-bond acceptors (Lipinski definition) is 3. The van der Waals surface area contributed by atoms with Gasteiger partial charge in [0.25, 0.3) is 0 Å². The Bertz CT molecular complexity index is 432. The van der Waals surface area contributed by atoms with E-state index in [1.807, 2.05) is 42.7 Å². The van der Waals surface area contributed by atoms with Gasteiger partial charge in [0.05, 0.1) is 5.69 Å². The zero-order valence-electron chi connectivity index (χ0n) is 7.84. The van der Waals surface area contributed by atoms with Gasteiger partial charge in [-0.1, -0.05) is 6.07 Å². The maximum atomic E-state index is 4.33. The molecule has 0 radical (unpaired) electrons. The molecule has 3 heteroatoms. The van der Waals surface area contributed by atoms with Crippen molar-refractivity contribution >= 4 is 23.5 Å². The molecule has 0 fully saturated rings. The SMILES string of the molecule is Cc1csc(/C=C\c2ccccn2)n1. The van der Waals surface area contributed by atoms with Crippen molar-refractivity contribution in [3.05, 3.63) is 46.2 Å². The molecule has 2 rings (SSSR count). The van der Waals surface area contributed by atoms with Gasteiger partial charge in [0.2, 0.25) is 0 Å². The molecule has 70 valence electrons. The van der Waals surface area contributed by atoms with Crippen LogP contribution in [0.2, 0.25) is 0 Å². The topological polar surface area (TPSA) is 25.8 Å². The van der Waals surface area contributed by atoms with E-state index in [9.17, 15) is 0 Å². The van der Waals surface area contributed by atoms with Crippen molar-refractivity contribution in [2.75, 3.05) is 0 Å². The molecule has 0 aliphatic carbocycles. The van der Waals surface area contributed by atoms with E-state index in [1.165, 1.54) is 0 Å². The maximum Gasteiger partial charge on any atom is 0.116 e. The van der Waals surface area contributed by atoms with Gasteiger partial charge >= 0.3 is 0 Å². The van der Waals surface area contributed by atoms with Gasteiger partial charge in [0.1, 0.15) is 5.01 Å². The highest BCUT2D eigenvalue weighted by Gasteiger charge is 1.92. The molecule has 0 saturated heterocycles. The lowest BCUT2D eigenvalue weighted by molar-refractivity contribution is 1.25. The molecular formula is C11H10N2S. The standard InChI is InChI=1S/C11H10N2S/c1-9-8-14-11(13-9)6-5-10-4-2-3-7-12-10/h2-8H,1H3/b6-5-. The molecule has 0 saturated carbocycles. The largest absolute Gasteiger partial charge is 0.257 e. The number of nitrogens with zero attached hydrogens (tertiary/aromatic N) is 2. The third-order valence-electron chi connectivity index (χ3n) is 1.72. The van der Waals surface area contributed by atoms with Gasteiger partial charge in [-0.3, -0.25) is 4.98 Å². The molecule has 0 spiro atoms. The van der Waals surface area contributed by atoms with Crippen LogP contribution in [0.3, 0.4) is 0 Å². The van der Waals surface area contributed by atoms with E-state index < -0.39 is 0 Å². The van der Waals surface area contributed by atoms with Crippen LogP contribution in [-0.2, 0) is 0 Å². The average Bonchev–Trinajstić information content (AvgIpc) is 2.63. The highest BCUT2D eigenvalue weighted by molar-refractivity contribution is 7.10. The first-order valence-corrected chi connectivity index (χ1v) is 5.24. The van der Waals surface area contributed by atoms with Crippen LogP contribution in [0.25, 0.3) is 12.2 Å². The molecule has 2 nitrogen and oxygen atoms in total. The van der Waals surface area contributed by atoms with Gasteiger partial charge in [0.15, 0.2) is 0 Å². The zero-order chi connectivity index (χ0) is 9.80. The monoisotopic (exact) mass is 202 g/mol. The quantitative estimate of drug-likeness (QED) is 0.748. The fourth-order valence-electron chi connectivity index (χ4n) is 1.08. The highest BCUT2D eigenvalue weighted by atomic mass is 32.1. The van der Waals surface area contributed by atoms with Gasteiger partial charge in [-0.25, -0.2) is 4.98 Å². The number of hydrogen-bond donors (Lipinski definition) is 0. The molecule has 0 aliphatic heterocycles. The number of aromatic nitrogens is 2. The molecule has 0 atom stereocenters. The molecule has 2 heterocycles. The molecule has 14 heavy (non-hydrogen) atoms. The van der Waals surface area contributed by atoms with Gasteiger partial charge in [-0.05, 0) is 31.2 Å². The Balaban J connectivity index is 2.15. The first kappa shape index (κ1) is 9.09. The predicted octanol–water partition coefficient (Wildman–Crippen LogP) is 3.02. The summed E-state index contributed by atoms with van der Waals surface area (Å²) in [5.41, 5.74) is 2.02. The van der Waals surface area contributed by atoms with Gasteiger partial charge in [0, 0.05) is 17.3 Å². The summed E-state index contributed by atoms with van der Waals surface area (Å²) in [4.78, 5) is 8.52. The van der Waals surface area contributed by atoms with E-state index in [1.54, 1.807) is 17.5 Å². The third kappa shape index (κ3) is 2.26. The summed E-state index contributed by atoms with van der Waals surface area (Å²) in [5, 5.41) is 3.06. The summed E-state index contributed by atoms with van der Waals surface area (Å²) >= 11 is 1.64. The minimum Gasteiger partial charge on any atom is -0.257 e. The van der Waals surface area contributed by atoms with E-state index >= 15 is 0 Å². The Hall–Kier alpha value is -1.48. The third-order valence-corrected chi connectivity index (χ3v) is 2.65. The molecule has 2 aromatic heterocycles. The molecule has 0 bridgehead atoms. The second-order valence-electron chi connectivity index (χ2n) is 2.92. The average molecular weight is 202 g/mol. The minimum absolute atomic E-state index is 0.959. The normalized spacial score (nSPS) is 10.9. The second kappa shape index (κ2) is 4.15. The smallest absolute Gasteiger partial charge is 0.116 e. The first-order valence-electron chi connectivity index (χ1n) is 4.36. The lowest BCUT2D eigenvalue weighted by atomic mass is 10.3. The summed E-state index contributed by atoms with van der Waals surface area (Å²) in [7, 11) is 0.